The normalized spacial score (nSPS) is 19.1. The molecule has 0 saturated heterocycles. The summed E-state index contributed by atoms with van der Waals surface area (Å²) in [7, 11) is 0. The fraction of sp³-hybridized carbons (Fsp3) is 0. The van der Waals surface area contributed by atoms with Gasteiger partial charge in [0.05, 0.1) is 127 Å². The van der Waals surface area contributed by atoms with Gasteiger partial charge in [-0.25, -0.2) is 38.4 Å². The van der Waals surface area contributed by atoms with Crippen molar-refractivity contribution in [3.63, 3.8) is 0 Å². The molecule has 0 bridgehead atoms. The van der Waals surface area contributed by atoms with Crippen LogP contribution in [0.2, 0.25) is 0 Å². The van der Waals surface area contributed by atoms with Gasteiger partial charge in [0.25, 0.3) is 47.3 Å². The molecule has 0 aliphatic carbocycles. The minimum atomic E-state index is -1.35. The summed E-state index contributed by atoms with van der Waals surface area (Å²) in [5.74, 6) is -20.7. The highest BCUT2D eigenvalue weighted by Crippen LogP contribution is 2.35. The standard InChI is InChI=1S/C22H11NO5.C17H7NO6.C16H7NO6.C16H7NO5/c24-19-15-6-4-13(9-17(15)20(25)23-19)11-2-1-3-12(8-11)14-5-7-16-18(10-14)22(27)28-21(16)26;19-13(7-1-3-9-11(5-7)15(21)18-14(9)20)8-2-4-10-12(6-8)17(23)24-16(10)22;18-13-9-3-1-7(5-11(9)14(19)17-13)22-8-2-4-10-12(6-8)16(21)23-15(10)20;18-13-9-3-1-7(5-11(9)14(19)17-13)8-2-4-10-12(6-8)16(21)22-15(10)20/h1-10H,(H,23,24,25);1-6H,(H,18,20,21);1-6H,(H,17,18,19);1-6H,(H,17,18,19)/i1D,2D,3D,4D,5D,6D,7D,8D,9D,10D;3*1D,2D,3D,4D,5D,6D. The Balaban J connectivity index is 0.000000136. The third kappa shape index (κ3) is 10.7. The number of carbonyl (C=O) groups excluding carboxylic acids is 17. The quantitative estimate of drug-likeness (QED) is 0.0393. The van der Waals surface area contributed by atoms with Crippen LogP contribution in [-0.2, 0) is 18.9 Å². The maximum atomic E-state index is 13.1. The van der Waals surface area contributed by atoms with E-state index < -0.39 is 415 Å². The Kier molecular flexibility index (Phi) is 8.55. The van der Waals surface area contributed by atoms with Gasteiger partial charge < -0.3 is 23.7 Å². The number of esters is 8. The van der Waals surface area contributed by atoms with Crippen LogP contribution in [0.3, 0.4) is 0 Å². The maximum absolute atomic E-state index is 13.1. The van der Waals surface area contributed by atoms with Crippen molar-refractivity contribution in [2.75, 3.05) is 0 Å². The van der Waals surface area contributed by atoms with Gasteiger partial charge in [-0.2, -0.15) is 0 Å². The second-order valence-corrected chi connectivity index (χ2v) is 19.4. The molecule has 8 heterocycles. The molecule has 9 aromatic rings. The number of ketones is 1. The number of imide groups is 4. The predicted octanol–water partition coefficient (Wildman–Crippen LogP) is 7.55. The van der Waals surface area contributed by atoms with E-state index in [0.29, 0.717) is 0 Å². The lowest BCUT2D eigenvalue weighted by Crippen LogP contribution is -2.19. The number of ether oxygens (including phenoxy) is 5. The molecule has 4 N–H and O–H groups in total. The van der Waals surface area contributed by atoms with E-state index in [2.05, 4.69) is 18.9 Å². The second-order valence-electron chi connectivity index (χ2n) is 19.4. The first-order valence-electron chi connectivity index (χ1n) is 40.3. The Hall–Kier alpha value is -14.4. The molecule has 17 rings (SSSR count). The zero-order valence-electron chi connectivity index (χ0n) is 74.5. The average Bonchev–Trinajstić information content (AvgIpc) is 1.69. The predicted molar refractivity (Wildman–Crippen MR) is 325 cm³/mol. The molecule has 0 fully saturated rings. The Bertz CT molecular complexity index is 6720. The highest BCUT2D eigenvalue weighted by molar-refractivity contribution is 6.26. The van der Waals surface area contributed by atoms with Gasteiger partial charge >= 0.3 is 47.8 Å². The topological polar surface area (TPSA) is 384 Å². The zero-order chi connectivity index (χ0) is 92.4. The molecular weight excluding hydrogens is 1260 g/mol. The third-order valence-electron chi connectivity index (χ3n) is 13.6. The molecule has 0 spiro atoms. The zero-order valence-corrected chi connectivity index (χ0v) is 46.5. The minimum Gasteiger partial charge on any atom is -0.457 e. The molecule has 0 radical (unpaired) electrons. The average molecular weight is 1320 g/mol. The molecule has 0 atom stereocenters. The number of hydrogen-bond donors (Lipinski definition) is 4. The van der Waals surface area contributed by atoms with E-state index in [9.17, 15) is 81.5 Å². The van der Waals surface area contributed by atoms with Crippen LogP contribution in [0.1, 0.15) is 220 Å². The summed E-state index contributed by atoms with van der Waals surface area (Å²) in [5, 5.41) is 7.58. The van der Waals surface area contributed by atoms with Gasteiger partial charge in [-0.1, -0.05) is 54.4 Å². The molecule has 97 heavy (non-hydrogen) atoms. The maximum Gasteiger partial charge on any atom is 0.347 e. The number of cyclic esters (lactones) is 8. The highest BCUT2D eigenvalue weighted by atomic mass is 16.6. The van der Waals surface area contributed by atoms with Gasteiger partial charge in [-0.15, -0.1) is 0 Å². The van der Waals surface area contributed by atoms with Crippen LogP contribution in [0.25, 0.3) is 33.4 Å². The van der Waals surface area contributed by atoms with Crippen molar-refractivity contribution in [2.24, 2.45) is 0 Å². The summed E-state index contributed by atoms with van der Waals surface area (Å²) in [6.07, 6.45) is 0. The monoisotopic (exact) mass is 1320 g/mol. The molecule has 0 aromatic heterocycles. The second kappa shape index (κ2) is 23.0. The Morgan fingerprint density at radius 3 is 0.876 bits per heavy atom. The molecule has 0 saturated carbocycles. The van der Waals surface area contributed by atoms with Crippen LogP contribution >= 0.6 is 0 Å². The molecule has 9 aromatic carbocycles. The van der Waals surface area contributed by atoms with Crippen LogP contribution in [0.4, 0.5) is 0 Å². The van der Waals surface area contributed by atoms with E-state index in [1.165, 1.54) is 0 Å². The summed E-state index contributed by atoms with van der Waals surface area (Å²) in [6.45, 7) is 0. The van der Waals surface area contributed by atoms with E-state index in [4.69, 9.17) is 43.1 Å². The summed E-state index contributed by atoms with van der Waals surface area (Å²) < 4.78 is 251. The van der Waals surface area contributed by atoms with Crippen molar-refractivity contribution in [2.45, 2.75) is 0 Å². The van der Waals surface area contributed by atoms with Crippen molar-refractivity contribution in [3.8, 4) is 44.9 Å². The smallest absolute Gasteiger partial charge is 0.347 e. The van der Waals surface area contributed by atoms with Crippen molar-refractivity contribution < 1.29 is 144 Å². The Morgan fingerprint density at radius 2 is 0.485 bits per heavy atom. The molecule has 0 unspecified atom stereocenters. The van der Waals surface area contributed by atoms with E-state index in [0.717, 1.165) is 0 Å². The molecule has 8 aliphatic rings. The summed E-state index contributed by atoms with van der Waals surface area (Å²) in [5.41, 5.74) is -14.8. The molecular formula is C71H32N4O22. The number of carbonyl (C=O) groups is 17. The summed E-state index contributed by atoms with van der Waals surface area (Å²) >= 11 is 0. The van der Waals surface area contributed by atoms with E-state index >= 15 is 0 Å². The fourth-order valence-corrected chi connectivity index (χ4v) is 9.11. The van der Waals surface area contributed by atoms with Gasteiger partial charge in [0.1, 0.15) is 11.5 Å². The Labute approximate surface area is 579 Å². The van der Waals surface area contributed by atoms with Crippen molar-refractivity contribution >= 4 is 101 Å². The third-order valence-corrected chi connectivity index (χ3v) is 13.6. The van der Waals surface area contributed by atoms with Crippen LogP contribution in [0, 0.1) is 0 Å². The van der Waals surface area contributed by atoms with Gasteiger partial charge in [0.15, 0.2) is 5.78 Å². The SMILES string of the molecule is [2H]c1c([2H])c(-c2c([2H])c([2H])c3c(c2[2H])C(=O)NC3=O)c([2H])c(-c2c([2H])c([2H])c3c(c2[2H])C(=O)OC3=O)c1[2H].[2H]c1c([2H])c(-c2c([2H])c([2H])c3c(c2[2H])C(=O)OC3=O)c([2H])c2c1C(=O)NC2=O.[2H]c1c([2H])c2c(c([2H])c1C(=O)c1c([2H])c([2H])c3c(c1[2H])C(=O)OC3=O)C(=O)NC2=O.[2H]c1c([2H])c2c(c([2H])c1Oc1c([2H])c([2H])c3c(c1[2H])C(=O)OC3=O)C(=O)NC2=O. The van der Waals surface area contributed by atoms with Crippen LogP contribution in [0.15, 0.2) is 169 Å². The fourth-order valence-electron chi connectivity index (χ4n) is 9.11. The number of rotatable bonds is 7. The first-order chi connectivity index (χ1) is 58.3. The molecule has 468 valence electrons. The Morgan fingerprint density at radius 1 is 0.247 bits per heavy atom. The first kappa shape index (κ1) is 36.0. The van der Waals surface area contributed by atoms with Crippen LogP contribution in [0.5, 0.6) is 11.5 Å². The van der Waals surface area contributed by atoms with E-state index in [1.54, 1.807) is 0 Å². The van der Waals surface area contributed by atoms with Gasteiger partial charge in [-0.3, -0.25) is 64.4 Å². The summed E-state index contributed by atoms with van der Waals surface area (Å²) in [6, 6.07) is -22.7. The summed E-state index contributed by atoms with van der Waals surface area (Å²) in [4.78, 5) is 204. The van der Waals surface area contributed by atoms with E-state index in [1.807, 2.05) is 21.3 Å². The number of nitrogens with one attached hydrogen (secondary N) is 4. The lowest BCUT2D eigenvalue weighted by molar-refractivity contribution is 0.0425. The molecule has 8 amide bonds. The highest BCUT2D eigenvalue weighted by Gasteiger charge is 2.36. The van der Waals surface area contributed by atoms with Crippen LogP contribution in [-0.4, -0.2) is 101 Å². The molecule has 26 heteroatoms. The van der Waals surface area contributed by atoms with Crippen LogP contribution < -0.4 is 26.0 Å². The first-order valence-corrected chi connectivity index (χ1v) is 26.3. The largest absolute Gasteiger partial charge is 0.457 e. The van der Waals surface area contributed by atoms with Crippen molar-refractivity contribution in [3.05, 3.63) is 269 Å². The van der Waals surface area contributed by atoms with Gasteiger partial charge in [0, 0.05) is 11.1 Å². The van der Waals surface area contributed by atoms with Gasteiger partial charge in [-0.05, 0) is 148 Å². The van der Waals surface area contributed by atoms with Gasteiger partial charge in [0.2, 0.25) is 0 Å². The number of fused-ring (bicyclic) bond motifs is 8. The van der Waals surface area contributed by atoms with Crippen molar-refractivity contribution in [1.82, 2.24) is 21.3 Å². The lowest BCUT2D eigenvalue weighted by atomic mass is 9.95. The number of amides is 8. The number of benzene rings is 9. The minimum absolute atomic E-state index is 0.469. The lowest BCUT2D eigenvalue weighted by Gasteiger charge is -2.08. The van der Waals surface area contributed by atoms with E-state index in [-0.39, 0.29) is 0 Å². The molecule has 26 nitrogen and oxygen atoms in total. The molecule has 8 aliphatic heterocycles. The van der Waals surface area contributed by atoms with Crippen molar-refractivity contribution in [1.29, 1.82) is 0 Å². The number of hydrogen-bond acceptors (Lipinski definition) is 22.